The van der Waals surface area contributed by atoms with E-state index in [1.807, 2.05) is 25.1 Å². The summed E-state index contributed by atoms with van der Waals surface area (Å²) in [5.41, 5.74) is 2.61. The fraction of sp³-hybridized carbons (Fsp3) is 0.211. The molecular weight excluding hydrogens is 451 g/mol. The molecule has 5 rings (SSSR count). The van der Waals surface area contributed by atoms with E-state index in [0.717, 1.165) is 32.1 Å². The highest BCUT2D eigenvalue weighted by atomic mass is 35.5. The van der Waals surface area contributed by atoms with Gasteiger partial charge in [-0.05, 0) is 31.2 Å². The van der Waals surface area contributed by atoms with Gasteiger partial charge < -0.3 is 10.1 Å². The number of nitrogens with zero attached hydrogens (tertiary/aromatic N) is 3. The Bertz CT molecular complexity index is 1280. The van der Waals surface area contributed by atoms with Gasteiger partial charge in [0.25, 0.3) is 0 Å². The zero-order valence-corrected chi connectivity index (χ0v) is 18.5. The van der Waals surface area contributed by atoms with E-state index in [1.165, 1.54) is 22.7 Å². The van der Waals surface area contributed by atoms with E-state index in [1.54, 1.807) is 17.9 Å². The number of carbonyl (C=O) groups is 1. The van der Waals surface area contributed by atoms with Crippen molar-refractivity contribution in [2.75, 3.05) is 12.4 Å². The van der Waals surface area contributed by atoms with Crippen molar-refractivity contribution in [2.24, 2.45) is 0 Å². The fourth-order valence-corrected chi connectivity index (χ4v) is 6.29. The van der Waals surface area contributed by atoms with E-state index >= 15 is 0 Å². The maximum atomic E-state index is 12.5. The first-order valence-corrected chi connectivity index (χ1v) is 11.1. The number of fused-ring (bicyclic) bond motifs is 2. The second-order valence-electron chi connectivity index (χ2n) is 6.66. The van der Waals surface area contributed by atoms with E-state index < -0.39 is 0 Å². The molecule has 1 atom stereocenters. The maximum absolute atomic E-state index is 12.5. The summed E-state index contributed by atoms with van der Waals surface area (Å²) < 4.78 is 8.58. The number of methoxy groups -OCH3 is 1. The SMILES string of the molecule is COc1ccc2nc(-n3nc(C)c4c3NC(=O)C[C@@H]4c3sc(Cl)cc3Cl)sc2c1. The number of nitrogens with one attached hydrogen (secondary N) is 1. The summed E-state index contributed by atoms with van der Waals surface area (Å²) in [5.74, 6) is 1.12. The quantitative estimate of drug-likeness (QED) is 0.425. The van der Waals surface area contributed by atoms with Crippen molar-refractivity contribution < 1.29 is 9.53 Å². The van der Waals surface area contributed by atoms with Crippen molar-refractivity contribution in [1.29, 1.82) is 0 Å². The topological polar surface area (TPSA) is 69.0 Å². The molecular formula is C19H14Cl2N4O2S2. The van der Waals surface area contributed by atoms with Crippen molar-refractivity contribution in [3.8, 4) is 10.9 Å². The van der Waals surface area contributed by atoms with E-state index in [2.05, 4.69) is 5.32 Å². The van der Waals surface area contributed by atoms with Gasteiger partial charge in [0.05, 0.1) is 32.4 Å². The molecule has 0 fully saturated rings. The minimum Gasteiger partial charge on any atom is -0.497 e. The molecule has 0 saturated heterocycles. The second-order valence-corrected chi connectivity index (χ2v) is 9.79. The van der Waals surface area contributed by atoms with E-state index in [0.29, 0.717) is 26.7 Å². The number of hydrogen-bond acceptors (Lipinski definition) is 6. The Morgan fingerprint density at radius 2 is 2.10 bits per heavy atom. The lowest BCUT2D eigenvalue weighted by Gasteiger charge is -2.23. The number of thiazole rings is 1. The lowest BCUT2D eigenvalue weighted by Crippen LogP contribution is -2.24. The smallest absolute Gasteiger partial charge is 0.226 e. The van der Waals surface area contributed by atoms with Crippen LogP contribution >= 0.6 is 45.9 Å². The third-order valence-electron chi connectivity index (χ3n) is 4.87. The number of ether oxygens (including phenoxy) is 1. The summed E-state index contributed by atoms with van der Waals surface area (Å²) in [6.07, 6.45) is 0.299. The average Bonchev–Trinajstić information content (AvgIpc) is 3.35. The number of hydrogen-bond donors (Lipinski definition) is 1. The molecule has 1 aromatic carbocycles. The summed E-state index contributed by atoms with van der Waals surface area (Å²) in [6, 6.07) is 7.44. The van der Waals surface area contributed by atoms with Gasteiger partial charge in [0.15, 0.2) is 0 Å². The van der Waals surface area contributed by atoms with Crippen LogP contribution in [0.3, 0.4) is 0 Å². The van der Waals surface area contributed by atoms with Gasteiger partial charge in [-0.1, -0.05) is 34.5 Å². The summed E-state index contributed by atoms with van der Waals surface area (Å²) >= 11 is 15.4. The fourth-order valence-electron chi connectivity index (χ4n) is 3.61. The van der Waals surface area contributed by atoms with Crippen LogP contribution in [0, 0.1) is 6.92 Å². The van der Waals surface area contributed by atoms with E-state index in [4.69, 9.17) is 38.0 Å². The standard InChI is InChI=1S/C19H14Cl2N4O2S2/c1-8-16-10(17-11(20)7-14(21)29-17)6-15(26)23-18(16)25(24-8)19-22-12-4-3-9(27-2)5-13(12)28-19/h3-5,7,10H,6H2,1-2H3,(H,23,26)/t10-/m0/s1. The molecule has 0 bridgehead atoms. The molecule has 4 aromatic rings. The van der Waals surface area contributed by atoms with E-state index in [9.17, 15) is 4.79 Å². The molecule has 3 aromatic heterocycles. The van der Waals surface area contributed by atoms with Gasteiger partial charge in [0.2, 0.25) is 11.0 Å². The highest BCUT2D eigenvalue weighted by Gasteiger charge is 2.35. The Labute approximate surface area is 184 Å². The Hall–Kier alpha value is -2.13. The molecule has 1 N–H and O–H groups in total. The molecule has 0 saturated carbocycles. The van der Waals surface area contributed by atoms with Gasteiger partial charge in [0, 0.05) is 22.8 Å². The predicted molar refractivity (Wildman–Crippen MR) is 117 cm³/mol. The van der Waals surface area contributed by atoms with Crippen LogP contribution in [0.1, 0.15) is 28.5 Å². The zero-order chi connectivity index (χ0) is 20.3. The maximum Gasteiger partial charge on any atom is 0.226 e. The van der Waals surface area contributed by atoms with Crippen molar-refractivity contribution in [2.45, 2.75) is 19.3 Å². The lowest BCUT2D eigenvalue weighted by atomic mass is 9.91. The van der Waals surface area contributed by atoms with Crippen molar-refractivity contribution >= 4 is 67.8 Å². The molecule has 0 aliphatic carbocycles. The minimum absolute atomic E-state index is 0.0907. The van der Waals surface area contributed by atoms with Gasteiger partial charge in [-0.25, -0.2) is 4.98 Å². The summed E-state index contributed by atoms with van der Waals surface area (Å²) in [6.45, 7) is 1.93. The van der Waals surface area contributed by atoms with Crippen LogP contribution in [-0.2, 0) is 4.79 Å². The van der Waals surface area contributed by atoms with Crippen LogP contribution in [0.5, 0.6) is 5.75 Å². The van der Waals surface area contributed by atoms with Gasteiger partial charge in [-0.15, -0.1) is 11.3 Å². The largest absolute Gasteiger partial charge is 0.497 e. The van der Waals surface area contributed by atoms with Crippen molar-refractivity contribution in [3.05, 3.63) is 49.8 Å². The number of benzene rings is 1. The number of aryl methyl sites for hydroxylation is 1. The third-order valence-corrected chi connectivity index (χ3v) is 7.66. The number of amides is 1. The molecule has 6 nitrogen and oxygen atoms in total. The Morgan fingerprint density at radius 1 is 1.28 bits per heavy atom. The molecule has 148 valence electrons. The molecule has 1 aliphatic heterocycles. The molecule has 1 amide bonds. The molecule has 4 heterocycles. The summed E-state index contributed by atoms with van der Waals surface area (Å²) in [4.78, 5) is 18.1. The normalized spacial score (nSPS) is 16.1. The Morgan fingerprint density at radius 3 is 2.83 bits per heavy atom. The van der Waals surface area contributed by atoms with Crippen LogP contribution < -0.4 is 10.1 Å². The van der Waals surface area contributed by atoms with Gasteiger partial charge in [0.1, 0.15) is 11.6 Å². The Balaban J connectivity index is 1.67. The first kappa shape index (κ1) is 18.9. The van der Waals surface area contributed by atoms with E-state index in [-0.39, 0.29) is 11.8 Å². The highest BCUT2D eigenvalue weighted by Crippen LogP contribution is 2.46. The monoisotopic (exact) mass is 464 g/mol. The summed E-state index contributed by atoms with van der Waals surface area (Å²) in [5, 5.41) is 8.92. The molecule has 0 spiro atoms. The van der Waals surface area contributed by atoms with Crippen LogP contribution in [0.15, 0.2) is 24.3 Å². The number of carbonyl (C=O) groups excluding carboxylic acids is 1. The lowest BCUT2D eigenvalue weighted by molar-refractivity contribution is -0.116. The summed E-state index contributed by atoms with van der Waals surface area (Å²) in [7, 11) is 1.63. The third kappa shape index (κ3) is 3.11. The highest BCUT2D eigenvalue weighted by molar-refractivity contribution is 7.20. The first-order chi connectivity index (χ1) is 13.9. The molecule has 29 heavy (non-hydrogen) atoms. The number of rotatable bonds is 3. The number of aromatic nitrogens is 3. The molecule has 10 heteroatoms. The van der Waals surface area contributed by atoms with Crippen molar-refractivity contribution in [1.82, 2.24) is 14.8 Å². The van der Waals surface area contributed by atoms with Crippen molar-refractivity contribution in [3.63, 3.8) is 0 Å². The number of anilines is 1. The van der Waals surface area contributed by atoms with Crippen LogP contribution in [0.4, 0.5) is 5.82 Å². The minimum atomic E-state index is -0.188. The molecule has 0 radical (unpaired) electrons. The van der Waals surface area contributed by atoms with Crippen LogP contribution in [-0.4, -0.2) is 27.8 Å². The average molecular weight is 465 g/mol. The number of thiophene rings is 1. The number of halogens is 2. The second kappa shape index (κ2) is 6.98. The Kier molecular flexibility index (Phi) is 4.54. The predicted octanol–water partition coefficient (Wildman–Crippen LogP) is 5.64. The van der Waals surface area contributed by atoms with Gasteiger partial charge >= 0.3 is 0 Å². The first-order valence-electron chi connectivity index (χ1n) is 8.73. The molecule has 1 aliphatic rings. The van der Waals surface area contributed by atoms with Gasteiger partial charge in [-0.2, -0.15) is 9.78 Å². The van der Waals surface area contributed by atoms with Gasteiger partial charge in [-0.3, -0.25) is 4.79 Å². The molecule has 0 unspecified atom stereocenters. The zero-order valence-electron chi connectivity index (χ0n) is 15.3. The van der Waals surface area contributed by atoms with Crippen LogP contribution in [0.25, 0.3) is 15.3 Å². The van der Waals surface area contributed by atoms with Crippen LogP contribution in [0.2, 0.25) is 9.36 Å².